The third kappa shape index (κ3) is 7.36. The van der Waals surface area contributed by atoms with Gasteiger partial charge in [-0.05, 0) is 59.7 Å². The van der Waals surface area contributed by atoms with Crippen molar-refractivity contribution in [3.8, 4) is 11.5 Å². The number of hydrogen-bond acceptors (Lipinski definition) is 7. The summed E-state index contributed by atoms with van der Waals surface area (Å²) in [6, 6.07) is 13.0. The summed E-state index contributed by atoms with van der Waals surface area (Å²) < 4.78 is 30.1. The molecule has 2 N–H and O–H groups in total. The summed E-state index contributed by atoms with van der Waals surface area (Å²) in [4.78, 5) is 41.9. The van der Waals surface area contributed by atoms with Gasteiger partial charge in [-0.2, -0.15) is 0 Å². The lowest BCUT2D eigenvalue weighted by Crippen LogP contribution is -2.48. The maximum atomic E-state index is 13.8. The number of ether oxygens (including phenoxy) is 3. The minimum absolute atomic E-state index is 0.0135. The number of methoxy groups -OCH3 is 2. The molecule has 0 aliphatic carbocycles. The van der Waals surface area contributed by atoms with Crippen molar-refractivity contribution in [2.45, 2.75) is 31.5 Å². The fourth-order valence-electron chi connectivity index (χ4n) is 4.47. The molecule has 3 amide bonds. The maximum Gasteiger partial charge on any atom is 0.261 e. The van der Waals surface area contributed by atoms with Crippen LogP contribution >= 0.6 is 11.3 Å². The molecule has 2 aromatic carbocycles. The largest absolute Gasteiger partial charge is 0.493 e. The second-order valence-corrected chi connectivity index (χ2v) is 10.2. The number of benzene rings is 2. The average Bonchev–Trinajstić information content (AvgIpc) is 3.70. The summed E-state index contributed by atoms with van der Waals surface area (Å²) in [5.41, 5.74) is 1.08. The second kappa shape index (κ2) is 13.9. The smallest absolute Gasteiger partial charge is 0.261 e. The highest BCUT2D eigenvalue weighted by Crippen LogP contribution is 2.33. The van der Waals surface area contributed by atoms with Crippen LogP contribution < -0.4 is 20.1 Å². The zero-order chi connectivity index (χ0) is 28.5. The quantitative estimate of drug-likeness (QED) is 0.345. The lowest BCUT2D eigenvalue weighted by atomic mass is 10.0. The van der Waals surface area contributed by atoms with Crippen molar-refractivity contribution in [3.63, 3.8) is 0 Å². The molecule has 0 spiro atoms. The number of halogens is 1. The van der Waals surface area contributed by atoms with Crippen molar-refractivity contribution in [1.82, 2.24) is 15.5 Å². The summed E-state index contributed by atoms with van der Waals surface area (Å²) >= 11 is 1.26. The molecule has 0 saturated carbocycles. The van der Waals surface area contributed by atoms with Gasteiger partial charge in [0, 0.05) is 19.7 Å². The van der Waals surface area contributed by atoms with Crippen molar-refractivity contribution in [2.75, 3.05) is 33.9 Å². The van der Waals surface area contributed by atoms with Crippen molar-refractivity contribution in [2.24, 2.45) is 0 Å². The molecule has 2 atom stereocenters. The summed E-state index contributed by atoms with van der Waals surface area (Å²) in [5.74, 6) is -0.892. The van der Waals surface area contributed by atoms with E-state index in [0.29, 0.717) is 34.1 Å². The van der Waals surface area contributed by atoms with E-state index in [1.807, 2.05) is 0 Å². The van der Waals surface area contributed by atoms with Gasteiger partial charge in [0.2, 0.25) is 11.8 Å². The van der Waals surface area contributed by atoms with Gasteiger partial charge in [0.25, 0.3) is 5.91 Å². The number of nitrogens with zero attached hydrogens (tertiary/aromatic N) is 1. The molecule has 212 valence electrons. The van der Waals surface area contributed by atoms with Gasteiger partial charge < -0.3 is 29.7 Å². The fourth-order valence-corrected chi connectivity index (χ4v) is 5.11. The molecular weight excluding hydrogens is 537 g/mol. The number of carbonyl (C=O) groups excluding carboxylic acids is 3. The van der Waals surface area contributed by atoms with Crippen molar-refractivity contribution in [3.05, 3.63) is 81.8 Å². The third-order valence-electron chi connectivity index (χ3n) is 6.54. The first-order chi connectivity index (χ1) is 19.4. The van der Waals surface area contributed by atoms with Gasteiger partial charge in [-0.15, -0.1) is 11.3 Å². The fraction of sp³-hybridized carbons (Fsp3) is 0.345. The highest BCUT2D eigenvalue weighted by atomic mass is 32.1. The van der Waals surface area contributed by atoms with E-state index in [0.717, 1.165) is 12.8 Å². The van der Waals surface area contributed by atoms with Gasteiger partial charge in [0.1, 0.15) is 11.9 Å². The Bertz CT molecular complexity index is 1300. The van der Waals surface area contributed by atoms with E-state index in [-0.39, 0.29) is 25.7 Å². The lowest BCUT2D eigenvalue weighted by Gasteiger charge is -2.32. The molecule has 0 bridgehead atoms. The molecule has 1 aliphatic heterocycles. The van der Waals surface area contributed by atoms with Crippen LogP contribution in [0.5, 0.6) is 11.5 Å². The number of carbonyl (C=O) groups is 3. The molecule has 4 rings (SSSR count). The van der Waals surface area contributed by atoms with Crippen LogP contribution in [0.3, 0.4) is 0 Å². The Labute approximate surface area is 236 Å². The summed E-state index contributed by atoms with van der Waals surface area (Å²) in [5, 5.41) is 7.35. The molecule has 0 unspecified atom stereocenters. The van der Waals surface area contributed by atoms with Crippen molar-refractivity contribution in [1.29, 1.82) is 0 Å². The Morgan fingerprint density at radius 3 is 2.50 bits per heavy atom. The van der Waals surface area contributed by atoms with E-state index in [1.54, 1.807) is 47.8 Å². The van der Waals surface area contributed by atoms with Crippen molar-refractivity contribution < 1.29 is 33.0 Å². The maximum absolute atomic E-state index is 13.8. The molecule has 9 nitrogen and oxygen atoms in total. The number of rotatable bonds is 12. The predicted octanol–water partition coefficient (Wildman–Crippen LogP) is 3.70. The van der Waals surface area contributed by atoms with Gasteiger partial charge in [-0.1, -0.05) is 24.3 Å². The van der Waals surface area contributed by atoms with Gasteiger partial charge in [0.15, 0.2) is 11.5 Å². The zero-order valence-corrected chi connectivity index (χ0v) is 23.2. The Morgan fingerprint density at radius 2 is 1.85 bits per heavy atom. The van der Waals surface area contributed by atoms with Crippen LogP contribution in [0.25, 0.3) is 0 Å². The normalized spacial score (nSPS) is 15.2. The molecule has 3 aromatic rings. The third-order valence-corrected chi connectivity index (χ3v) is 7.41. The molecule has 2 heterocycles. The Hall–Kier alpha value is -3.96. The minimum Gasteiger partial charge on any atom is -0.493 e. The van der Waals surface area contributed by atoms with E-state index in [2.05, 4.69) is 10.6 Å². The molecule has 1 aliphatic rings. The van der Waals surface area contributed by atoms with Gasteiger partial charge in [-0.3, -0.25) is 14.4 Å². The van der Waals surface area contributed by atoms with Gasteiger partial charge >= 0.3 is 0 Å². The number of nitrogens with one attached hydrogen (secondary N) is 2. The Kier molecular flexibility index (Phi) is 10.1. The number of thiophene rings is 1. The molecule has 11 heteroatoms. The number of amides is 3. The Balaban J connectivity index is 1.67. The van der Waals surface area contributed by atoms with Crippen LogP contribution in [0.15, 0.2) is 60.0 Å². The lowest BCUT2D eigenvalue weighted by molar-refractivity contribution is -0.141. The summed E-state index contributed by atoms with van der Waals surface area (Å²) in [6.45, 7) is 0.566. The van der Waals surface area contributed by atoms with Crippen molar-refractivity contribution >= 4 is 29.1 Å². The summed E-state index contributed by atoms with van der Waals surface area (Å²) in [6.07, 6.45) is 1.63. The second-order valence-electron chi connectivity index (χ2n) is 9.21. The zero-order valence-electron chi connectivity index (χ0n) is 22.4. The van der Waals surface area contributed by atoms with E-state index in [4.69, 9.17) is 14.2 Å². The van der Waals surface area contributed by atoms with E-state index < -0.39 is 29.6 Å². The monoisotopic (exact) mass is 569 g/mol. The first-order valence-electron chi connectivity index (χ1n) is 12.9. The molecule has 1 fully saturated rings. The first-order valence-corrected chi connectivity index (χ1v) is 13.7. The van der Waals surface area contributed by atoms with E-state index in [1.165, 1.54) is 42.6 Å². The highest BCUT2D eigenvalue weighted by molar-refractivity contribution is 7.12. The minimum atomic E-state index is -1.10. The van der Waals surface area contributed by atoms with Crippen LogP contribution in [0.2, 0.25) is 0 Å². The van der Waals surface area contributed by atoms with Crippen LogP contribution in [0.4, 0.5) is 4.39 Å². The van der Waals surface area contributed by atoms with Crippen LogP contribution in [0.1, 0.15) is 39.7 Å². The van der Waals surface area contributed by atoms with Gasteiger partial charge in [-0.25, -0.2) is 4.39 Å². The van der Waals surface area contributed by atoms with Crippen LogP contribution in [-0.4, -0.2) is 62.6 Å². The van der Waals surface area contributed by atoms with Gasteiger partial charge in [0.05, 0.1) is 31.7 Å². The molecular formula is C29H32FN3O6S. The van der Waals surface area contributed by atoms with Crippen LogP contribution in [-0.2, 0) is 20.9 Å². The molecule has 1 aromatic heterocycles. The first kappa shape index (κ1) is 29.0. The summed E-state index contributed by atoms with van der Waals surface area (Å²) in [7, 11) is 2.99. The Morgan fingerprint density at radius 1 is 1.07 bits per heavy atom. The molecule has 40 heavy (non-hydrogen) atoms. The number of hydrogen-bond donors (Lipinski definition) is 2. The molecule has 0 radical (unpaired) electrons. The van der Waals surface area contributed by atoms with E-state index >= 15 is 0 Å². The molecule has 1 saturated heterocycles. The highest BCUT2D eigenvalue weighted by Gasteiger charge is 2.33. The van der Waals surface area contributed by atoms with E-state index in [9.17, 15) is 18.8 Å². The topological polar surface area (TPSA) is 106 Å². The average molecular weight is 570 g/mol. The van der Waals surface area contributed by atoms with Crippen LogP contribution in [0, 0.1) is 5.82 Å². The predicted molar refractivity (Wildman–Crippen MR) is 148 cm³/mol. The standard InChI is InChI=1S/C29H32FN3O6S/c1-37-23-12-9-20(15-24(23)38-2)27(29(36)31-16-22-5-3-13-39-22)33(18-19-7-10-21(30)11-8-19)26(34)17-32-28(35)25-6-4-14-40-25/h4,6-12,14-15,22,27H,3,5,13,16-18H2,1-2H3,(H,31,36)(H,32,35)/t22-,27-/m0/s1. The SMILES string of the molecule is COc1ccc([C@@H](C(=O)NC[C@@H]2CCCO2)N(Cc2ccc(F)cc2)C(=O)CNC(=O)c2cccs2)cc1OC.